The van der Waals surface area contributed by atoms with E-state index < -0.39 is 64.4 Å². The highest BCUT2D eigenvalue weighted by Crippen LogP contribution is 2.44. The Morgan fingerprint density at radius 3 is 2.23 bits per heavy atom. The van der Waals surface area contributed by atoms with E-state index in [1.807, 2.05) is 6.92 Å². The fourth-order valence-electron chi connectivity index (χ4n) is 6.41. The van der Waals surface area contributed by atoms with Gasteiger partial charge in [-0.2, -0.15) is 26.3 Å². The highest BCUT2D eigenvalue weighted by Gasteiger charge is 2.46. The van der Waals surface area contributed by atoms with Crippen molar-refractivity contribution in [2.24, 2.45) is 11.8 Å². The average Bonchev–Trinajstić information content (AvgIpc) is 3.58. The van der Waals surface area contributed by atoms with E-state index in [1.165, 1.54) is 17.2 Å². The molecular formula is C32H40F6N4O5. The average molecular weight is 675 g/mol. The van der Waals surface area contributed by atoms with Crippen molar-refractivity contribution in [1.29, 1.82) is 0 Å². The number of hydrogen-bond acceptors (Lipinski definition) is 6. The quantitative estimate of drug-likeness (QED) is 0.273. The maximum atomic E-state index is 13.9. The lowest BCUT2D eigenvalue weighted by atomic mass is 9.80. The lowest BCUT2D eigenvalue weighted by Crippen LogP contribution is -2.58. The van der Waals surface area contributed by atoms with Gasteiger partial charge in [-0.15, -0.1) is 0 Å². The lowest BCUT2D eigenvalue weighted by molar-refractivity contribution is -0.148. The van der Waals surface area contributed by atoms with Gasteiger partial charge in [-0.05, 0) is 48.8 Å². The molecule has 2 aromatic rings. The first-order valence-electron chi connectivity index (χ1n) is 15.9. The Hall–Kier alpha value is -3.62. The normalized spacial score (nSPS) is 19.5. The molecule has 2 fully saturated rings. The number of carbonyl (C=O) groups is 3. The number of likely N-dealkylation sites (tertiary alicyclic amines) is 1. The monoisotopic (exact) mass is 674 g/mol. The molecule has 1 aromatic heterocycles. The first-order valence-corrected chi connectivity index (χ1v) is 15.9. The maximum absolute atomic E-state index is 13.9. The molecule has 260 valence electrons. The number of alkyl halides is 6. The largest absolute Gasteiger partial charge is 0.416 e. The first kappa shape index (κ1) is 36.2. The summed E-state index contributed by atoms with van der Waals surface area (Å²) in [6.07, 6.45) is -3.93. The Kier molecular flexibility index (Phi) is 11.3. The number of benzene rings is 1. The van der Waals surface area contributed by atoms with Crippen LogP contribution in [0, 0.1) is 11.8 Å². The van der Waals surface area contributed by atoms with E-state index in [0.29, 0.717) is 25.0 Å². The molecule has 0 radical (unpaired) electrons. The van der Waals surface area contributed by atoms with Gasteiger partial charge >= 0.3 is 12.4 Å². The van der Waals surface area contributed by atoms with Gasteiger partial charge in [0, 0.05) is 19.2 Å². The topological polar surface area (TPSA) is 125 Å². The van der Waals surface area contributed by atoms with Gasteiger partial charge < -0.3 is 25.2 Å². The van der Waals surface area contributed by atoms with Crippen LogP contribution in [0.4, 0.5) is 26.3 Å². The van der Waals surface area contributed by atoms with E-state index in [1.54, 1.807) is 6.92 Å². The highest BCUT2D eigenvalue weighted by molar-refractivity contribution is 5.96. The van der Waals surface area contributed by atoms with Crippen LogP contribution < -0.4 is 10.6 Å². The van der Waals surface area contributed by atoms with Crippen molar-refractivity contribution < 1.29 is 50.4 Å². The molecule has 1 aromatic carbocycles. The lowest BCUT2D eigenvalue weighted by Gasteiger charge is -2.41. The number of nitrogens with one attached hydrogen (secondary N) is 2. The van der Waals surface area contributed by atoms with E-state index in [4.69, 9.17) is 4.52 Å². The van der Waals surface area contributed by atoms with Crippen molar-refractivity contribution >= 4 is 17.7 Å². The minimum absolute atomic E-state index is 0.00968. The second kappa shape index (κ2) is 14.7. The molecule has 2 heterocycles. The number of carbonyl (C=O) groups excluding carboxylic acids is 3. The van der Waals surface area contributed by atoms with E-state index >= 15 is 0 Å². The molecule has 9 nitrogen and oxygen atoms in total. The Labute approximate surface area is 268 Å². The number of piperidine rings is 1. The molecule has 3 N–H and O–H groups in total. The van der Waals surface area contributed by atoms with Crippen LogP contribution in [0.5, 0.6) is 0 Å². The molecule has 1 aliphatic heterocycles. The smallest absolute Gasteiger partial charge is 0.385 e. The van der Waals surface area contributed by atoms with Crippen LogP contribution in [0.1, 0.15) is 98.9 Å². The maximum Gasteiger partial charge on any atom is 0.416 e. The molecule has 0 bridgehead atoms. The summed E-state index contributed by atoms with van der Waals surface area (Å²) in [5.41, 5.74) is -5.91. The van der Waals surface area contributed by atoms with Crippen LogP contribution in [0.25, 0.3) is 0 Å². The molecule has 2 aliphatic rings. The predicted octanol–water partition coefficient (Wildman–Crippen LogP) is 5.82. The Morgan fingerprint density at radius 1 is 1.02 bits per heavy atom. The number of halogens is 6. The van der Waals surface area contributed by atoms with Gasteiger partial charge in [0.1, 0.15) is 12.1 Å². The van der Waals surface area contributed by atoms with Gasteiger partial charge in [0.05, 0.1) is 22.9 Å². The Bertz CT molecular complexity index is 1380. The summed E-state index contributed by atoms with van der Waals surface area (Å²) in [4.78, 5) is 41.6. The zero-order chi connectivity index (χ0) is 34.6. The van der Waals surface area contributed by atoms with Gasteiger partial charge in [0.15, 0.2) is 0 Å². The van der Waals surface area contributed by atoms with Gasteiger partial charge in [-0.3, -0.25) is 14.4 Å². The number of aliphatic hydroxyl groups is 1. The molecule has 47 heavy (non-hydrogen) atoms. The Balaban J connectivity index is 1.50. The standard InChI is InChI=1S/C32H40F6N4O5/c1-3-19(2)26(41-27(43)24(17-20-7-5-4-6-8-20)40-28(44)25-11-14-39-47-25)29(45)42-15-12-30(46,13-16-42)22-10-9-21(31(33,34)35)18-23(22)32(36,37)38/h9-11,14,18-20,24,26,46H,3-8,12-13,15-17H2,1-2H3,(H,40,44)(H,41,43)/t19-,24-,26-/m0/s1. The first-order chi connectivity index (χ1) is 22.0. The van der Waals surface area contributed by atoms with Gasteiger partial charge in [-0.1, -0.05) is 63.6 Å². The van der Waals surface area contributed by atoms with Crippen LogP contribution in [0.15, 0.2) is 35.0 Å². The van der Waals surface area contributed by atoms with Gasteiger partial charge in [-0.25, -0.2) is 0 Å². The van der Waals surface area contributed by atoms with Crippen molar-refractivity contribution in [1.82, 2.24) is 20.7 Å². The summed E-state index contributed by atoms with van der Waals surface area (Å²) in [6, 6.07) is 0.457. The van der Waals surface area contributed by atoms with E-state index in [0.717, 1.165) is 32.1 Å². The molecule has 3 atom stereocenters. The third-order valence-corrected chi connectivity index (χ3v) is 9.41. The minimum Gasteiger partial charge on any atom is -0.385 e. The fraction of sp³-hybridized carbons (Fsp3) is 0.625. The molecule has 1 saturated carbocycles. The van der Waals surface area contributed by atoms with Crippen LogP contribution in [0.3, 0.4) is 0 Å². The molecule has 1 aliphatic carbocycles. The zero-order valence-corrected chi connectivity index (χ0v) is 26.2. The molecular weight excluding hydrogens is 634 g/mol. The minimum atomic E-state index is -5.16. The van der Waals surface area contributed by atoms with Crippen molar-refractivity contribution in [3.63, 3.8) is 0 Å². The van der Waals surface area contributed by atoms with Crippen molar-refractivity contribution in [2.75, 3.05) is 13.1 Å². The molecule has 1 saturated heterocycles. The van der Waals surface area contributed by atoms with E-state index in [-0.39, 0.29) is 49.6 Å². The van der Waals surface area contributed by atoms with Gasteiger partial charge in [0.25, 0.3) is 5.91 Å². The predicted molar refractivity (Wildman–Crippen MR) is 156 cm³/mol. The number of aromatic nitrogens is 1. The van der Waals surface area contributed by atoms with Crippen molar-refractivity contribution in [3.05, 3.63) is 52.9 Å². The number of hydrogen-bond donors (Lipinski definition) is 3. The third-order valence-electron chi connectivity index (χ3n) is 9.41. The van der Waals surface area contributed by atoms with Crippen molar-refractivity contribution in [2.45, 2.75) is 102 Å². The van der Waals surface area contributed by atoms with Crippen LogP contribution in [0.2, 0.25) is 0 Å². The summed E-state index contributed by atoms with van der Waals surface area (Å²) in [5, 5.41) is 20.3. The van der Waals surface area contributed by atoms with Crippen LogP contribution in [-0.2, 0) is 27.5 Å². The number of amides is 3. The second-order valence-electron chi connectivity index (χ2n) is 12.6. The fourth-order valence-corrected chi connectivity index (χ4v) is 6.41. The number of rotatable bonds is 10. The molecule has 0 unspecified atom stereocenters. The molecule has 0 spiro atoms. The van der Waals surface area contributed by atoms with Crippen LogP contribution in [-0.4, -0.2) is 58.1 Å². The SMILES string of the molecule is CC[C@H](C)[C@H](NC(=O)[C@H](CC1CCCCC1)NC(=O)c1ccno1)C(=O)N1CCC(O)(c2ccc(C(F)(F)F)cc2C(F)(F)F)CC1. The highest BCUT2D eigenvalue weighted by atomic mass is 19.4. The summed E-state index contributed by atoms with van der Waals surface area (Å²) in [6.45, 7) is 3.17. The van der Waals surface area contributed by atoms with E-state index in [2.05, 4.69) is 15.8 Å². The molecule has 4 rings (SSSR count). The zero-order valence-electron chi connectivity index (χ0n) is 26.2. The summed E-state index contributed by atoms with van der Waals surface area (Å²) in [5.74, 6) is -2.00. The van der Waals surface area contributed by atoms with Crippen LogP contribution >= 0.6 is 0 Å². The van der Waals surface area contributed by atoms with E-state index in [9.17, 15) is 45.8 Å². The summed E-state index contributed by atoms with van der Waals surface area (Å²) < 4.78 is 86.1. The van der Waals surface area contributed by atoms with Crippen molar-refractivity contribution in [3.8, 4) is 0 Å². The van der Waals surface area contributed by atoms with Gasteiger partial charge in [0.2, 0.25) is 17.6 Å². The third kappa shape index (κ3) is 8.85. The Morgan fingerprint density at radius 2 is 1.68 bits per heavy atom. The number of nitrogens with zero attached hydrogens (tertiary/aromatic N) is 2. The summed E-state index contributed by atoms with van der Waals surface area (Å²) in [7, 11) is 0. The molecule has 15 heteroatoms. The summed E-state index contributed by atoms with van der Waals surface area (Å²) >= 11 is 0. The second-order valence-corrected chi connectivity index (χ2v) is 12.6. The molecule has 3 amide bonds.